The summed E-state index contributed by atoms with van der Waals surface area (Å²) >= 11 is 0. The summed E-state index contributed by atoms with van der Waals surface area (Å²) in [6, 6.07) is 0. The van der Waals surface area contributed by atoms with Gasteiger partial charge in [-0.1, -0.05) is 64.7 Å². The van der Waals surface area contributed by atoms with Gasteiger partial charge in [-0.15, -0.1) is 5.10 Å². The maximum Gasteiger partial charge on any atom is 0.313 e. The largest absolute Gasteiger partial charge is 0.466 e. The van der Waals surface area contributed by atoms with Gasteiger partial charge in [-0.25, -0.2) is 4.68 Å². The van der Waals surface area contributed by atoms with Crippen molar-refractivity contribution in [2.24, 2.45) is 0 Å². The summed E-state index contributed by atoms with van der Waals surface area (Å²) < 4.78 is 6.65. The number of tetrazole rings is 1. The molecule has 23 heavy (non-hydrogen) atoms. The molecule has 0 N–H and O–H groups in total. The summed E-state index contributed by atoms with van der Waals surface area (Å²) in [6.07, 6.45) is 13.2. The maximum absolute atomic E-state index is 11.5. The number of carbonyl (C=O) groups excluding carboxylic acids is 1. The van der Waals surface area contributed by atoms with Crippen LogP contribution in [0.1, 0.15) is 83.9 Å². The van der Waals surface area contributed by atoms with Crippen LogP contribution in [0, 0.1) is 0 Å². The number of esters is 1. The molecule has 0 saturated heterocycles. The number of unbranched alkanes of at least 4 members (excludes halogenated alkanes) is 9. The van der Waals surface area contributed by atoms with Crippen molar-refractivity contribution in [3.63, 3.8) is 0 Å². The lowest BCUT2D eigenvalue weighted by atomic mass is 10.1. The molecule has 6 nitrogen and oxygen atoms in total. The standard InChI is InChI=1S/C17H32N4O2/c1-3-5-6-7-8-9-10-11-12-13-14-21-16(18-19-20-21)15-17(22)23-4-2/h3-15H2,1-2H3. The average Bonchev–Trinajstić information content (AvgIpc) is 2.96. The fraction of sp³-hybridized carbons (Fsp3) is 0.882. The summed E-state index contributed by atoms with van der Waals surface area (Å²) in [5.41, 5.74) is 0. The smallest absolute Gasteiger partial charge is 0.313 e. The molecule has 1 aromatic heterocycles. The predicted molar refractivity (Wildman–Crippen MR) is 90.0 cm³/mol. The monoisotopic (exact) mass is 324 g/mol. The van der Waals surface area contributed by atoms with Crippen LogP contribution in [-0.4, -0.2) is 32.8 Å². The number of hydrogen-bond acceptors (Lipinski definition) is 5. The third-order valence-electron chi connectivity index (χ3n) is 3.94. The van der Waals surface area contributed by atoms with E-state index in [0.29, 0.717) is 12.4 Å². The summed E-state index contributed by atoms with van der Waals surface area (Å²) in [6.45, 7) is 5.21. The lowest BCUT2D eigenvalue weighted by Crippen LogP contribution is -2.13. The Morgan fingerprint density at radius 2 is 1.57 bits per heavy atom. The molecule has 0 aliphatic rings. The zero-order chi connectivity index (χ0) is 16.8. The van der Waals surface area contributed by atoms with Crippen LogP contribution in [0.15, 0.2) is 0 Å². The van der Waals surface area contributed by atoms with Crippen molar-refractivity contribution in [3.8, 4) is 0 Å². The molecular formula is C17H32N4O2. The highest BCUT2D eigenvalue weighted by Gasteiger charge is 2.11. The van der Waals surface area contributed by atoms with Crippen LogP contribution in [0.3, 0.4) is 0 Å². The van der Waals surface area contributed by atoms with Crippen LogP contribution in [0.25, 0.3) is 0 Å². The first-order valence-corrected chi connectivity index (χ1v) is 9.18. The van der Waals surface area contributed by atoms with Gasteiger partial charge < -0.3 is 4.74 Å². The molecule has 1 rings (SSSR count). The number of nitrogens with zero attached hydrogens (tertiary/aromatic N) is 4. The minimum Gasteiger partial charge on any atom is -0.466 e. The molecule has 0 bridgehead atoms. The third-order valence-corrected chi connectivity index (χ3v) is 3.94. The maximum atomic E-state index is 11.5. The Labute approximate surface area is 140 Å². The Morgan fingerprint density at radius 1 is 0.957 bits per heavy atom. The van der Waals surface area contributed by atoms with Crippen molar-refractivity contribution in [1.29, 1.82) is 0 Å². The molecule has 0 aliphatic carbocycles. The second kappa shape index (κ2) is 13.0. The van der Waals surface area contributed by atoms with Crippen molar-refractivity contribution in [1.82, 2.24) is 20.2 Å². The average molecular weight is 324 g/mol. The van der Waals surface area contributed by atoms with Gasteiger partial charge in [0.1, 0.15) is 6.42 Å². The van der Waals surface area contributed by atoms with Crippen LogP contribution in [0.5, 0.6) is 0 Å². The minimum atomic E-state index is -0.272. The highest BCUT2D eigenvalue weighted by atomic mass is 16.5. The number of ether oxygens (including phenoxy) is 1. The first kappa shape index (κ1) is 19.6. The Hall–Kier alpha value is -1.46. The van der Waals surface area contributed by atoms with Crippen LogP contribution in [-0.2, 0) is 22.5 Å². The molecule has 1 heterocycles. The molecule has 0 amide bonds. The van der Waals surface area contributed by atoms with Crippen molar-refractivity contribution in [2.45, 2.75) is 91.0 Å². The second-order valence-electron chi connectivity index (χ2n) is 5.98. The second-order valence-corrected chi connectivity index (χ2v) is 5.98. The molecule has 0 atom stereocenters. The Kier molecular flexibility index (Phi) is 11.1. The minimum absolute atomic E-state index is 0.151. The van der Waals surface area contributed by atoms with Gasteiger partial charge in [-0.3, -0.25) is 4.79 Å². The molecular weight excluding hydrogens is 292 g/mol. The van der Waals surface area contributed by atoms with Crippen molar-refractivity contribution < 1.29 is 9.53 Å². The van der Waals surface area contributed by atoms with Gasteiger partial charge in [0.2, 0.25) is 0 Å². The SMILES string of the molecule is CCCCCCCCCCCCn1nnnc1CC(=O)OCC. The molecule has 0 aliphatic heterocycles. The van der Waals surface area contributed by atoms with Crippen LogP contribution in [0.2, 0.25) is 0 Å². The molecule has 0 radical (unpaired) electrons. The molecule has 1 aromatic rings. The van der Waals surface area contributed by atoms with E-state index < -0.39 is 0 Å². The Morgan fingerprint density at radius 3 is 2.17 bits per heavy atom. The van der Waals surface area contributed by atoms with Gasteiger partial charge in [0.25, 0.3) is 0 Å². The van der Waals surface area contributed by atoms with E-state index in [4.69, 9.17) is 4.74 Å². The van der Waals surface area contributed by atoms with Gasteiger partial charge >= 0.3 is 5.97 Å². The van der Waals surface area contributed by atoms with Crippen LogP contribution < -0.4 is 0 Å². The van der Waals surface area contributed by atoms with Gasteiger partial charge in [-0.05, 0) is 23.8 Å². The van der Waals surface area contributed by atoms with E-state index >= 15 is 0 Å². The van der Waals surface area contributed by atoms with E-state index in [-0.39, 0.29) is 12.4 Å². The van der Waals surface area contributed by atoms with Crippen molar-refractivity contribution in [3.05, 3.63) is 5.82 Å². The molecule has 0 aromatic carbocycles. The zero-order valence-corrected chi connectivity index (χ0v) is 14.8. The number of aryl methyl sites for hydroxylation is 1. The predicted octanol–water partition coefficient (Wildman–Crippen LogP) is 3.70. The number of rotatable bonds is 14. The van der Waals surface area contributed by atoms with E-state index in [2.05, 4.69) is 22.4 Å². The highest BCUT2D eigenvalue weighted by Crippen LogP contribution is 2.11. The normalized spacial score (nSPS) is 10.9. The number of aromatic nitrogens is 4. The number of carbonyl (C=O) groups is 1. The van der Waals surface area contributed by atoms with Gasteiger partial charge in [0, 0.05) is 6.54 Å². The fourth-order valence-electron chi connectivity index (χ4n) is 2.61. The molecule has 0 fully saturated rings. The van der Waals surface area contributed by atoms with Gasteiger partial charge in [0.05, 0.1) is 6.61 Å². The summed E-state index contributed by atoms with van der Waals surface area (Å²) in [7, 11) is 0. The molecule has 6 heteroatoms. The fourth-order valence-corrected chi connectivity index (χ4v) is 2.61. The van der Waals surface area contributed by atoms with Crippen molar-refractivity contribution >= 4 is 5.97 Å². The molecule has 0 unspecified atom stereocenters. The highest BCUT2D eigenvalue weighted by molar-refractivity contribution is 5.71. The van der Waals surface area contributed by atoms with E-state index in [1.54, 1.807) is 11.6 Å². The first-order valence-electron chi connectivity index (χ1n) is 9.18. The third kappa shape index (κ3) is 9.31. The van der Waals surface area contributed by atoms with Gasteiger partial charge in [-0.2, -0.15) is 0 Å². The summed E-state index contributed by atoms with van der Waals surface area (Å²) in [5, 5.41) is 11.5. The van der Waals surface area contributed by atoms with E-state index in [0.717, 1.165) is 13.0 Å². The van der Waals surface area contributed by atoms with E-state index in [1.165, 1.54) is 57.8 Å². The number of hydrogen-bond donors (Lipinski definition) is 0. The molecule has 0 saturated carbocycles. The lowest BCUT2D eigenvalue weighted by molar-refractivity contribution is -0.142. The molecule has 0 spiro atoms. The Balaban J connectivity index is 2.05. The lowest BCUT2D eigenvalue weighted by Gasteiger charge is -2.05. The summed E-state index contributed by atoms with van der Waals surface area (Å²) in [5.74, 6) is 0.325. The van der Waals surface area contributed by atoms with Crippen LogP contribution >= 0.6 is 0 Å². The topological polar surface area (TPSA) is 69.9 Å². The quantitative estimate of drug-likeness (QED) is 0.385. The zero-order valence-electron chi connectivity index (χ0n) is 14.8. The van der Waals surface area contributed by atoms with Crippen molar-refractivity contribution in [2.75, 3.05) is 6.61 Å². The van der Waals surface area contributed by atoms with Gasteiger partial charge in [0.15, 0.2) is 5.82 Å². The Bertz CT molecular complexity index is 420. The van der Waals surface area contributed by atoms with E-state index in [9.17, 15) is 4.79 Å². The van der Waals surface area contributed by atoms with E-state index in [1.807, 2.05) is 0 Å². The summed E-state index contributed by atoms with van der Waals surface area (Å²) in [4.78, 5) is 11.5. The first-order chi connectivity index (χ1) is 11.3. The van der Waals surface area contributed by atoms with Crippen LogP contribution in [0.4, 0.5) is 0 Å². The molecule has 132 valence electrons.